The highest BCUT2D eigenvalue weighted by Crippen LogP contribution is 2.03. The molecule has 0 atom stereocenters. The van der Waals surface area contributed by atoms with Gasteiger partial charge >= 0.3 is 5.97 Å². The molecule has 0 aliphatic rings. The summed E-state index contributed by atoms with van der Waals surface area (Å²) >= 11 is 0. The van der Waals surface area contributed by atoms with Crippen molar-refractivity contribution < 1.29 is 9.90 Å². The molecule has 0 amide bonds. The van der Waals surface area contributed by atoms with E-state index in [-0.39, 0.29) is 0 Å². The van der Waals surface area contributed by atoms with Crippen molar-refractivity contribution in [1.29, 1.82) is 0 Å². The molecule has 0 bridgehead atoms. The Hall–Kier alpha value is -2.14. The third kappa shape index (κ3) is 3.43. The lowest BCUT2D eigenvalue weighted by Gasteiger charge is -2.05. The van der Waals surface area contributed by atoms with Crippen molar-refractivity contribution in [2.45, 2.75) is 13.1 Å². The zero-order chi connectivity index (χ0) is 12.8. The van der Waals surface area contributed by atoms with E-state index in [0.29, 0.717) is 5.56 Å². The largest absolute Gasteiger partial charge is 0.478 e. The molecule has 1 aromatic carbocycles. The van der Waals surface area contributed by atoms with Crippen molar-refractivity contribution in [2.75, 3.05) is 6.54 Å². The third-order valence-electron chi connectivity index (χ3n) is 2.61. The first kappa shape index (κ1) is 12.3. The molecule has 0 spiro atoms. The van der Waals surface area contributed by atoms with E-state index in [2.05, 4.69) is 10.4 Å². The second-order valence-corrected chi connectivity index (χ2v) is 3.95. The number of aromatic nitrogens is 2. The van der Waals surface area contributed by atoms with Crippen molar-refractivity contribution in [1.82, 2.24) is 15.1 Å². The van der Waals surface area contributed by atoms with Gasteiger partial charge in [0, 0.05) is 25.5 Å². The van der Waals surface area contributed by atoms with E-state index in [1.807, 2.05) is 29.1 Å². The second kappa shape index (κ2) is 5.97. The van der Waals surface area contributed by atoms with E-state index >= 15 is 0 Å². The molecule has 94 valence electrons. The number of carboxylic acid groups (broad SMARTS) is 1. The Balaban J connectivity index is 1.75. The Bertz CT molecular complexity index is 491. The summed E-state index contributed by atoms with van der Waals surface area (Å²) in [6.07, 6.45) is 3.67. The lowest BCUT2D eigenvalue weighted by atomic mass is 10.1. The van der Waals surface area contributed by atoms with Gasteiger partial charge in [0.2, 0.25) is 0 Å². The lowest BCUT2D eigenvalue weighted by Crippen LogP contribution is -2.19. The molecular weight excluding hydrogens is 230 g/mol. The van der Waals surface area contributed by atoms with Gasteiger partial charge in [0.15, 0.2) is 0 Å². The van der Waals surface area contributed by atoms with Gasteiger partial charge in [-0.15, -0.1) is 0 Å². The Morgan fingerprint density at radius 2 is 2.11 bits per heavy atom. The van der Waals surface area contributed by atoms with Crippen molar-refractivity contribution in [3.05, 3.63) is 53.9 Å². The summed E-state index contributed by atoms with van der Waals surface area (Å²) in [6.45, 7) is 2.36. The van der Waals surface area contributed by atoms with E-state index in [0.717, 1.165) is 25.2 Å². The average Bonchev–Trinajstić information content (AvgIpc) is 2.88. The summed E-state index contributed by atoms with van der Waals surface area (Å²) in [7, 11) is 0. The van der Waals surface area contributed by atoms with E-state index in [9.17, 15) is 4.79 Å². The molecule has 0 saturated carbocycles. The summed E-state index contributed by atoms with van der Waals surface area (Å²) in [5, 5.41) is 16.2. The van der Waals surface area contributed by atoms with Crippen molar-refractivity contribution in [3.63, 3.8) is 0 Å². The summed E-state index contributed by atoms with van der Waals surface area (Å²) in [5.41, 5.74) is 1.38. The molecule has 1 heterocycles. The molecule has 0 aliphatic carbocycles. The SMILES string of the molecule is O=C(O)c1ccc(CNCCn2cccn2)cc1. The van der Waals surface area contributed by atoms with Crippen LogP contribution in [0.3, 0.4) is 0 Å². The number of nitrogens with zero attached hydrogens (tertiary/aromatic N) is 2. The number of hydrogen-bond acceptors (Lipinski definition) is 3. The molecule has 0 unspecified atom stereocenters. The van der Waals surface area contributed by atoms with Crippen LogP contribution in [0.5, 0.6) is 0 Å². The Morgan fingerprint density at radius 3 is 2.72 bits per heavy atom. The van der Waals surface area contributed by atoms with Crippen LogP contribution in [0.2, 0.25) is 0 Å². The molecule has 1 aromatic heterocycles. The molecule has 0 fully saturated rings. The summed E-state index contributed by atoms with van der Waals surface area (Å²) in [4.78, 5) is 10.7. The quantitative estimate of drug-likeness (QED) is 0.754. The first-order valence-corrected chi connectivity index (χ1v) is 5.76. The molecular formula is C13H15N3O2. The standard InChI is InChI=1S/C13H15N3O2/c17-13(18)12-4-2-11(3-5-12)10-14-7-9-16-8-1-6-15-16/h1-6,8,14H,7,9-10H2,(H,17,18). The Kier molecular flexibility index (Phi) is 4.09. The fraction of sp³-hybridized carbons (Fsp3) is 0.231. The molecule has 0 aliphatic heterocycles. The summed E-state index contributed by atoms with van der Waals surface area (Å²) in [6, 6.07) is 8.78. The fourth-order valence-electron chi connectivity index (χ4n) is 1.62. The molecule has 0 saturated heterocycles. The fourth-order valence-corrected chi connectivity index (χ4v) is 1.62. The summed E-state index contributed by atoms with van der Waals surface area (Å²) in [5.74, 6) is -0.895. The van der Waals surface area contributed by atoms with Gasteiger partial charge in [0.05, 0.1) is 12.1 Å². The minimum atomic E-state index is -0.895. The lowest BCUT2D eigenvalue weighted by molar-refractivity contribution is 0.0697. The number of carboxylic acids is 1. The molecule has 18 heavy (non-hydrogen) atoms. The van der Waals surface area contributed by atoms with Crippen LogP contribution in [0, 0.1) is 0 Å². The number of benzene rings is 1. The minimum Gasteiger partial charge on any atom is -0.478 e. The van der Waals surface area contributed by atoms with Crippen LogP contribution in [0.4, 0.5) is 0 Å². The van der Waals surface area contributed by atoms with E-state index in [1.54, 1.807) is 18.3 Å². The number of carbonyl (C=O) groups is 1. The first-order valence-electron chi connectivity index (χ1n) is 5.76. The monoisotopic (exact) mass is 245 g/mol. The minimum absolute atomic E-state index is 0.315. The molecule has 5 heteroatoms. The maximum atomic E-state index is 10.7. The van der Waals surface area contributed by atoms with Crippen molar-refractivity contribution >= 4 is 5.97 Å². The highest BCUT2D eigenvalue weighted by Gasteiger charge is 2.01. The van der Waals surface area contributed by atoms with E-state index < -0.39 is 5.97 Å². The number of hydrogen-bond donors (Lipinski definition) is 2. The first-order chi connectivity index (χ1) is 8.75. The average molecular weight is 245 g/mol. The normalized spacial score (nSPS) is 10.4. The second-order valence-electron chi connectivity index (χ2n) is 3.95. The van der Waals surface area contributed by atoms with Gasteiger partial charge in [-0.2, -0.15) is 5.10 Å². The molecule has 0 radical (unpaired) electrons. The number of nitrogens with one attached hydrogen (secondary N) is 1. The van der Waals surface area contributed by atoms with Gasteiger partial charge in [0.1, 0.15) is 0 Å². The van der Waals surface area contributed by atoms with E-state index in [4.69, 9.17) is 5.11 Å². The third-order valence-corrected chi connectivity index (χ3v) is 2.61. The highest BCUT2D eigenvalue weighted by atomic mass is 16.4. The van der Waals surface area contributed by atoms with Crippen molar-refractivity contribution in [3.8, 4) is 0 Å². The van der Waals surface area contributed by atoms with Gasteiger partial charge in [0.25, 0.3) is 0 Å². The van der Waals surface area contributed by atoms with Crippen molar-refractivity contribution in [2.24, 2.45) is 0 Å². The predicted octanol–water partition coefficient (Wildman–Crippen LogP) is 1.37. The maximum Gasteiger partial charge on any atom is 0.335 e. The number of rotatable bonds is 6. The van der Waals surface area contributed by atoms with E-state index in [1.165, 1.54) is 0 Å². The zero-order valence-corrected chi connectivity index (χ0v) is 9.91. The van der Waals surface area contributed by atoms with Gasteiger partial charge < -0.3 is 10.4 Å². The molecule has 2 rings (SSSR count). The Labute approximate surface area is 105 Å². The van der Waals surface area contributed by atoms with Gasteiger partial charge in [-0.25, -0.2) is 4.79 Å². The summed E-state index contributed by atoms with van der Waals surface area (Å²) < 4.78 is 1.86. The number of aromatic carboxylic acids is 1. The topological polar surface area (TPSA) is 67.2 Å². The van der Waals surface area contributed by atoms with Crippen LogP contribution in [0.1, 0.15) is 15.9 Å². The van der Waals surface area contributed by atoms with Crippen LogP contribution in [-0.2, 0) is 13.1 Å². The Morgan fingerprint density at radius 1 is 1.33 bits per heavy atom. The van der Waals surface area contributed by atoms with Gasteiger partial charge in [-0.05, 0) is 23.8 Å². The van der Waals surface area contributed by atoms with Crippen LogP contribution in [-0.4, -0.2) is 27.4 Å². The van der Waals surface area contributed by atoms with Crippen LogP contribution in [0.15, 0.2) is 42.7 Å². The van der Waals surface area contributed by atoms with Crippen LogP contribution < -0.4 is 5.32 Å². The smallest absolute Gasteiger partial charge is 0.335 e. The van der Waals surface area contributed by atoms with Gasteiger partial charge in [-0.3, -0.25) is 4.68 Å². The predicted molar refractivity (Wildman–Crippen MR) is 67.3 cm³/mol. The van der Waals surface area contributed by atoms with Gasteiger partial charge in [-0.1, -0.05) is 12.1 Å². The van der Waals surface area contributed by atoms with Crippen LogP contribution in [0.25, 0.3) is 0 Å². The zero-order valence-electron chi connectivity index (χ0n) is 9.91. The maximum absolute atomic E-state index is 10.7. The molecule has 2 aromatic rings. The molecule has 2 N–H and O–H groups in total. The molecule has 5 nitrogen and oxygen atoms in total. The highest BCUT2D eigenvalue weighted by molar-refractivity contribution is 5.87. The van der Waals surface area contributed by atoms with Crippen LogP contribution >= 0.6 is 0 Å².